The fourth-order valence-corrected chi connectivity index (χ4v) is 3.78. The average molecular weight is 229 g/mol. The Hall–Kier alpha value is 0.310. The Kier molecular flexibility index (Phi) is 6.74. The molecule has 0 aliphatic heterocycles. The number of hydrogen-bond donors (Lipinski definition) is 1. The van der Waals surface area contributed by atoms with Gasteiger partial charge in [0.15, 0.2) is 0 Å². The Balaban J connectivity index is 2.23. The molecule has 0 aromatic heterocycles. The molecule has 3 atom stereocenters. The highest BCUT2D eigenvalue weighted by Gasteiger charge is 2.22. The Morgan fingerprint density at radius 1 is 1.33 bits per heavy atom. The number of nitrogens with one attached hydrogen (secondary N) is 1. The molecule has 0 saturated heterocycles. The van der Waals surface area contributed by atoms with Crippen LogP contribution in [-0.4, -0.2) is 23.1 Å². The van der Waals surface area contributed by atoms with Gasteiger partial charge in [-0.2, -0.15) is 11.8 Å². The van der Waals surface area contributed by atoms with Crippen molar-refractivity contribution in [2.45, 2.75) is 76.6 Å². The van der Waals surface area contributed by atoms with E-state index in [1.54, 1.807) is 0 Å². The number of rotatable bonds is 6. The summed E-state index contributed by atoms with van der Waals surface area (Å²) in [4.78, 5) is 0. The summed E-state index contributed by atoms with van der Waals surface area (Å²) in [6, 6.07) is 1.51. The Labute approximate surface area is 99.8 Å². The average Bonchev–Trinajstić information content (AvgIpc) is 2.19. The van der Waals surface area contributed by atoms with Gasteiger partial charge in [-0.25, -0.2) is 0 Å². The molecule has 15 heavy (non-hydrogen) atoms. The van der Waals surface area contributed by atoms with Crippen LogP contribution in [0.4, 0.5) is 0 Å². The van der Waals surface area contributed by atoms with Gasteiger partial charge in [-0.3, -0.25) is 0 Å². The Morgan fingerprint density at radius 2 is 2.13 bits per heavy atom. The van der Waals surface area contributed by atoms with E-state index < -0.39 is 0 Å². The van der Waals surface area contributed by atoms with Crippen molar-refractivity contribution in [3.05, 3.63) is 0 Å². The van der Waals surface area contributed by atoms with Crippen LogP contribution in [0.5, 0.6) is 0 Å². The summed E-state index contributed by atoms with van der Waals surface area (Å²) in [6.07, 6.45) is 8.28. The van der Waals surface area contributed by atoms with Crippen LogP contribution in [0.25, 0.3) is 0 Å². The lowest BCUT2D eigenvalue weighted by molar-refractivity contribution is 0.341. The highest BCUT2D eigenvalue weighted by molar-refractivity contribution is 7.99. The van der Waals surface area contributed by atoms with Crippen molar-refractivity contribution in [2.75, 3.05) is 5.75 Å². The maximum absolute atomic E-state index is 3.79. The maximum atomic E-state index is 3.79. The topological polar surface area (TPSA) is 12.0 Å². The molecule has 1 saturated carbocycles. The lowest BCUT2D eigenvalue weighted by Crippen LogP contribution is -2.40. The van der Waals surface area contributed by atoms with Gasteiger partial charge < -0.3 is 5.32 Å². The Bertz CT molecular complexity index is 157. The summed E-state index contributed by atoms with van der Waals surface area (Å²) in [5.41, 5.74) is 0. The third-order valence-electron chi connectivity index (χ3n) is 3.27. The predicted molar refractivity (Wildman–Crippen MR) is 71.7 cm³/mol. The van der Waals surface area contributed by atoms with Gasteiger partial charge in [0.05, 0.1) is 0 Å². The molecule has 0 aromatic carbocycles. The summed E-state index contributed by atoms with van der Waals surface area (Å²) >= 11 is 2.16. The van der Waals surface area contributed by atoms with Crippen LogP contribution in [0.1, 0.15) is 59.3 Å². The Morgan fingerprint density at radius 3 is 2.80 bits per heavy atom. The van der Waals surface area contributed by atoms with Crippen molar-refractivity contribution >= 4 is 11.8 Å². The molecule has 1 aliphatic carbocycles. The van der Waals surface area contributed by atoms with E-state index in [1.165, 1.54) is 44.3 Å². The molecular weight excluding hydrogens is 202 g/mol. The van der Waals surface area contributed by atoms with E-state index in [0.717, 1.165) is 11.3 Å². The molecule has 2 heteroatoms. The second-order valence-corrected chi connectivity index (χ2v) is 6.37. The van der Waals surface area contributed by atoms with E-state index >= 15 is 0 Å². The first-order valence-corrected chi connectivity index (χ1v) is 7.68. The van der Waals surface area contributed by atoms with Crippen LogP contribution < -0.4 is 5.32 Å². The fourth-order valence-electron chi connectivity index (χ4n) is 2.60. The third-order valence-corrected chi connectivity index (χ3v) is 4.50. The van der Waals surface area contributed by atoms with Crippen LogP contribution in [0.3, 0.4) is 0 Å². The van der Waals surface area contributed by atoms with Crippen LogP contribution in [-0.2, 0) is 0 Å². The molecule has 1 rings (SSSR count). The smallest absolute Gasteiger partial charge is 0.00800 e. The van der Waals surface area contributed by atoms with Gasteiger partial charge in [-0.1, -0.05) is 26.7 Å². The molecule has 3 unspecified atom stereocenters. The fraction of sp³-hybridized carbons (Fsp3) is 1.00. The van der Waals surface area contributed by atoms with Gasteiger partial charge in [-0.15, -0.1) is 0 Å². The van der Waals surface area contributed by atoms with E-state index in [9.17, 15) is 0 Å². The molecule has 0 amide bonds. The molecule has 1 aliphatic rings. The lowest BCUT2D eigenvalue weighted by atomic mass is 9.94. The highest BCUT2D eigenvalue weighted by atomic mass is 32.2. The second kappa shape index (κ2) is 7.56. The largest absolute Gasteiger partial charge is 0.311 e. The van der Waals surface area contributed by atoms with Crippen LogP contribution >= 0.6 is 11.8 Å². The standard InChI is InChI=1S/C13H27NS/c1-4-7-11(3)14-12-8-6-9-13(10-12)15-5-2/h11-14H,4-10H2,1-3H3. The van der Waals surface area contributed by atoms with Crippen molar-refractivity contribution in [1.29, 1.82) is 0 Å². The van der Waals surface area contributed by atoms with Gasteiger partial charge in [0.2, 0.25) is 0 Å². The summed E-state index contributed by atoms with van der Waals surface area (Å²) < 4.78 is 0. The van der Waals surface area contributed by atoms with E-state index in [2.05, 4.69) is 37.8 Å². The first-order chi connectivity index (χ1) is 7.26. The molecule has 90 valence electrons. The van der Waals surface area contributed by atoms with Crippen molar-refractivity contribution < 1.29 is 0 Å². The highest BCUT2D eigenvalue weighted by Crippen LogP contribution is 2.28. The van der Waals surface area contributed by atoms with Crippen LogP contribution in [0.2, 0.25) is 0 Å². The molecule has 0 heterocycles. The molecule has 0 aromatic rings. The molecule has 1 fully saturated rings. The quantitative estimate of drug-likeness (QED) is 0.743. The first-order valence-electron chi connectivity index (χ1n) is 6.63. The molecule has 0 bridgehead atoms. The van der Waals surface area contributed by atoms with E-state index in [1.807, 2.05) is 0 Å². The predicted octanol–water partition coefficient (Wildman–Crippen LogP) is 3.83. The van der Waals surface area contributed by atoms with Crippen molar-refractivity contribution in [3.63, 3.8) is 0 Å². The van der Waals surface area contributed by atoms with E-state index in [0.29, 0.717) is 6.04 Å². The minimum atomic E-state index is 0.713. The zero-order valence-electron chi connectivity index (χ0n) is 10.6. The van der Waals surface area contributed by atoms with Crippen molar-refractivity contribution in [3.8, 4) is 0 Å². The third kappa shape index (κ3) is 5.26. The zero-order valence-corrected chi connectivity index (χ0v) is 11.4. The van der Waals surface area contributed by atoms with Crippen LogP contribution in [0.15, 0.2) is 0 Å². The first kappa shape index (κ1) is 13.4. The maximum Gasteiger partial charge on any atom is 0.00800 e. The van der Waals surface area contributed by atoms with Gasteiger partial charge in [0.1, 0.15) is 0 Å². The SMILES string of the molecule is CCCC(C)NC1CCCC(SCC)C1. The van der Waals surface area contributed by atoms with Gasteiger partial charge >= 0.3 is 0 Å². The minimum Gasteiger partial charge on any atom is -0.311 e. The molecular formula is C13H27NS. The van der Waals surface area contributed by atoms with E-state index in [-0.39, 0.29) is 0 Å². The summed E-state index contributed by atoms with van der Waals surface area (Å²) in [6.45, 7) is 6.89. The molecule has 0 spiro atoms. The number of hydrogen-bond acceptors (Lipinski definition) is 2. The molecule has 1 nitrogen and oxygen atoms in total. The lowest BCUT2D eigenvalue weighted by Gasteiger charge is -2.31. The molecule has 0 radical (unpaired) electrons. The normalized spacial score (nSPS) is 29.0. The molecule has 1 N–H and O–H groups in total. The summed E-state index contributed by atoms with van der Waals surface area (Å²) in [5.74, 6) is 1.28. The van der Waals surface area contributed by atoms with E-state index in [4.69, 9.17) is 0 Å². The zero-order chi connectivity index (χ0) is 11.1. The van der Waals surface area contributed by atoms with Crippen molar-refractivity contribution in [1.82, 2.24) is 5.32 Å². The number of thioether (sulfide) groups is 1. The van der Waals surface area contributed by atoms with Gasteiger partial charge in [-0.05, 0) is 38.4 Å². The summed E-state index contributed by atoms with van der Waals surface area (Å²) in [5, 5.41) is 4.72. The second-order valence-electron chi connectivity index (χ2n) is 4.80. The summed E-state index contributed by atoms with van der Waals surface area (Å²) in [7, 11) is 0. The van der Waals surface area contributed by atoms with Gasteiger partial charge in [0, 0.05) is 17.3 Å². The van der Waals surface area contributed by atoms with Gasteiger partial charge in [0.25, 0.3) is 0 Å². The monoisotopic (exact) mass is 229 g/mol. The van der Waals surface area contributed by atoms with Crippen molar-refractivity contribution in [2.24, 2.45) is 0 Å². The van der Waals surface area contributed by atoms with Crippen LogP contribution in [0, 0.1) is 0 Å². The minimum absolute atomic E-state index is 0.713.